The molecule has 4 heteroatoms. The van der Waals surface area contributed by atoms with Crippen LogP contribution in [-0.4, -0.2) is 26.3 Å². The minimum atomic E-state index is -1.22. The third-order valence-electron chi connectivity index (χ3n) is 1.83. The van der Waals surface area contributed by atoms with Crippen LogP contribution in [-0.2, 0) is 15.6 Å². The molecule has 0 bridgehead atoms. The number of unbranched alkanes of at least 4 members (excludes halogenated alkanes) is 1. The highest BCUT2D eigenvalue weighted by Gasteiger charge is 2.27. The van der Waals surface area contributed by atoms with Gasteiger partial charge >= 0.3 is 5.97 Å². The average molecular weight is 206 g/mol. The zero-order valence-electron chi connectivity index (χ0n) is 8.45. The lowest BCUT2D eigenvalue weighted by molar-refractivity contribution is -0.137. The fraction of sp³-hybridized carbons (Fsp3) is 0.889. The van der Waals surface area contributed by atoms with Crippen molar-refractivity contribution >= 4 is 16.8 Å². The van der Waals surface area contributed by atoms with E-state index in [1.54, 1.807) is 13.8 Å². The van der Waals surface area contributed by atoms with Crippen molar-refractivity contribution in [3.8, 4) is 0 Å². The monoisotopic (exact) mass is 206 g/mol. The lowest BCUT2D eigenvalue weighted by Crippen LogP contribution is -2.32. The predicted molar refractivity (Wildman–Crippen MR) is 54.2 cm³/mol. The van der Waals surface area contributed by atoms with Gasteiger partial charge in [0.2, 0.25) is 0 Å². The van der Waals surface area contributed by atoms with Crippen molar-refractivity contribution in [2.75, 3.05) is 5.75 Å². The van der Waals surface area contributed by atoms with E-state index in [0.29, 0.717) is 5.75 Å². The number of hydrogen-bond acceptors (Lipinski definition) is 2. The lowest BCUT2D eigenvalue weighted by atomic mass is 10.1. The van der Waals surface area contributed by atoms with E-state index in [-0.39, 0.29) is 5.92 Å². The van der Waals surface area contributed by atoms with Crippen LogP contribution in [0.25, 0.3) is 0 Å². The average Bonchev–Trinajstić information content (AvgIpc) is 1.99. The third-order valence-corrected chi connectivity index (χ3v) is 3.83. The van der Waals surface area contributed by atoms with Crippen LogP contribution in [0.1, 0.15) is 33.6 Å². The molecular weight excluding hydrogens is 188 g/mol. The van der Waals surface area contributed by atoms with E-state index >= 15 is 0 Å². The second-order valence-electron chi connectivity index (χ2n) is 3.44. The molecule has 0 amide bonds. The Balaban J connectivity index is 4.21. The van der Waals surface area contributed by atoms with Crippen LogP contribution in [0.2, 0.25) is 0 Å². The predicted octanol–water partition coefficient (Wildman–Crippen LogP) is 1.64. The molecule has 0 heterocycles. The zero-order chi connectivity index (χ0) is 10.4. The van der Waals surface area contributed by atoms with E-state index in [9.17, 15) is 9.00 Å². The zero-order valence-corrected chi connectivity index (χ0v) is 9.26. The van der Waals surface area contributed by atoms with Gasteiger partial charge in [0.05, 0.1) is 0 Å². The maximum Gasteiger partial charge on any atom is 0.319 e. The molecule has 3 nitrogen and oxygen atoms in total. The standard InChI is InChI=1S/C9H18O3S/c1-4-5-6-13(12)8(7(2)3)9(10)11/h7-8H,4-6H2,1-3H3,(H,10,11). The van der Waals surface area contributed by atoms with Gasteiger partial charge in [0.1, 0.15) is 5.25 Å². The van der Waals surface area contributed by atoms with E-state index < -0.39 is 22.0 Å². The fourth-order valence-electron chi connectivity index (χ4n) is 1.11. The summed E-state index contributed by atoms with van der Waals surface area (Å²) in [5.74, 6) is -0.495. The Hall–Kier alpha value is -0.380. The summed E-state index contributed by atoms with van der Waals surface area (Å²) in [5.41, 5.74) is 0. The summed E-state index contributed by atoms with van der Waals surface area (Å²) in [7, 11) is -1.22. The molecule has 78 valence electrons. The third kappa shape index (κ3) is 4.41. The van der Waals surface area contributed by atoms with Crippen molar-refractivity contribution in [3.05, 3.63) is 0 Å². The summed E-state index contributed by atoms with van der Waals surface area (Å²) in [4.78, 5) is 10.8. The minimum Gasteiger partial charge on any atom is -0.480 e. The normalized spacial score (nSPS) is 15.7. The van der Waals surface area contributed by atoms with Gasteiger partial charge in [-0.1, -0.05) is 27.2 Å². The minimum absolute atomic E-state index is 0.0600. The van der Waals surface area contributed by atoms with Gasteiger partial charge in [-0.05, 0) is 12.3 Å². The van der Waals surface area contributed by atoms with E-state index in [4.69, 9.17) is 5.11 Å². The molecule has 2 atom stereocenters. The Labute approximate surface area is 82.0 Å². The maximum atomic E-state index is 11.5. The second-order valence-corrected chi connectivity index (χ2v) is 5.12. The fourth-order valence-corrected chi connectivity index (χ4v) is 2.77. The van der Waals surface area contributed by atoms with Crippen molar-refractivity contribution in [1.29, 1.82) is 0 Å². The van der Waals surface area contributed by atoms with Crippen molar-refractivity contribution in [2.45, 2.75) is 38.9 Å². The summed E-state index contributed by atoms with van der Waals surface area (Å²) in [5, 5.41) is 8.12. The van der Waals surface area contributed by atoms with Gasteiger partial charge in [0, 0.05) is 16.6 Å². The molecule has 0 aromatic rings. The van der Waals surface area contributed by atoms with E-state index in [1.165, 1.54) is 0 Å². The van der Waals surface area contributed by atoms with Crippen LogP contribution in [0.15, 0.2) is 0 Å². The van der Waals surface area contributed by atoms with Gasteiger partial charge in [0.15, 0.2) is 0 Å². The van der Waals surface area contributed by atoms with Gasteiger partial charge in [-0.25, -0.2) is 0 Å². The maximum absolute atomic E-state index is 11.5. The molecule has 0 spiro atoms. The highest BCUT2D eigenvalue weighted by molar-refractivity contribution is 7.86. The van der Waals surface area contributed by atoms with Crippen LogP contribution < -0.4 is 0 Å². The summed E-state index contributed by atoms with van der Waals surface area (Å²) in [6.45, 7) is 5.59. The molecule has 1 N–H and O–H groups in total. The number of rotatable bonds is 6. The summed E-state index contributed by atoms with van der Waals surface area (Å²) < 4.78 is 11.5. The first-order valence-corrected chi connectivity index (χ1v) is 5.98. The number of carboxylic acid groups (broad SMARTS) is 1. The SMILES string of the molecule is CCCCS(=O)C(C(=O)O)C(C)C. The van der Waals surface area contributed by atoms with E-state index in [2.05, 4.69) is 0 Å². The Morgan fingerprint density at radius 2 is 2.00 bits per heavy atom. The van der Waals surface area contributed by atoms with Gasteiger partial charge in [-0.15, -0.1) is 0 Å². The molecular formula is C9H18O3S. The first kappa shape index (κ1) is 12.6. The number of carbonyl (C=O) groups is 1. The molecule has 0 saturated heterocycles. The van der Waals surface area contributed by atoms with Crippen LogP contribution >= 0.6 is 0 Å². The number of aliphatic carboxylic acids is 1. The van der Waals surface area contributed by atoms with Gasteiger partial charge in [-0.3, -0.25) is 9.00 Å². The Morgan fingerprint density at radius 1 is 1.46 bits per heavy atom. The molecule has 0 fully saturated rings. The molecule has 13 heavy (non-hydrogen) atoms. The number of carboxylic acids is 1. The van der Waals surface area contributed by atoms with Crippen molar-refractivity contribution in [2.24, 2.45) is 5.92 Å². The van der Waals surface area contributed by atoms with Gasteiger partial charge in [0.25, 0.3) is 0 Å². The first-order chi connectivity index (χ1) is 6.00. The summed E-state index contributed by atoms with van der Waals surface area (Å²) in [6.07, 6.45) is 1.79. The van der Waals surface area contributed by atoms with Gasteiger partial charge in [-0.2, -0.15) is 0 Å². The molecule has 0 aromatic carbocycles. The Morgan fingerprint density at radius 3 is 2.31 bits per heavy atom. The van der Waals surface area contributed by atoms with Crippen molar-refractivity contribution in [1.82, 2.24) is 0 Å². The Kier molecular flexibility index (Phi) is 5.95. The van der Waals surface area contributed by atoms with Gasteiger partial charge < -0.3 is 5.11 Å². The van der Waals surface area contributed by atoms with Crippen LogP contribution in [0.5, 0.6) is 0 Å². The quantitative estimate of drug-likeness (QED) is 0.719. The highest BCUT2D eigenvalue weighted by atomic mass is 32.2. The van der Waals surface area contributed by atoms with E-state index in [1.807, 2.05) is 6.92 Å². The van der Waals surface area contributed by atoms with Crippen LogP contribution in [0.4, 0.5) is 0 Å². The summed E-state index contributed by atoms with van der Waals surface area (Å²) in [6, 6.07) is 0. The van der Waals surface area contributed by atoms with Crippen LogP contribution in [0.3, 0.4) is 0 Å². The van der Waals surface area contributed by atoms with Crippen molar-refractivity contribution in [3.63, 3.8) is 0 Å². The molecule has 0 aliphatic rings. The molecule has 0 radical (unpaired) electrons. The Bertz CT molecular complexity index is 189. The summed E-state index contributed by atoms with van der Waals surface area (Å²) >= 11 is 0. The lowest BCUT2D eigenvalue weighted by Gasteiger charge is -2.15. The molecule has 0 rings (SSSR count). The largest absolute Gasteiger partial charge is 0.480 e. The first-order valence-electron chi connectivity index (χ1n) is 4.60. The topological polar surface area (TPSA) is 54.4 Å². The van der Waals surface area contributed by atoms with Crippen LogP contribution in [0, 0.1) is 5.92 Å². The highest BCUT2D eigenvalue weighted by Crippen LogP contribution is 2.11. The molecule has 0 saturated carbocycles. The van der Waals surface area contributed by atoms with E-state index in [0.717, 1.165) is 12.8 Å². The smallest absolute Gasteiger partial charge is 0.319 e. The molecule has 0 aliphatic carbocycles. The number of hydrogen-bond donors (Lipinski definition) is 1. The molecule has 0 aromatic heterocycles. The molecule has 2 unspecified atom stereocenters. The second kappa shape index (κ2) is 6.13. The molecule has 0 aliphatic heterocycles. The van der Waals surface area contributed by atoms with Crippen molar-refractivity contribution < 1.29 is 14.1 Å².